The predicted molar refractivity (Wildman–Crippen MR) is 126 cm³/mol. The Morgan fingerprint density at radius 3 is 2.42 bits per heavy atom. The van der Waals surface area contributed by atoms with Crippen molar-refractivity contribution in [3.63, 3.8) is 0 Å². The summed E-state index contributed by atoms with van der Waals surface area (Å²) in [6, 6.07) is 22.2. The molecule has 31 heavy (non-hydrogen) atoms. The van der Waals surface area contributed by atoms with Crippen LogP contribution in [0.5, 0.6) is 11.5 Å². The van der Waals surface area contributed by atoms with Crippen LogP contribution in [0.25, 0.3) is 32.8 Å². The van der Waals surface area contributed by atoms with E-state index < -0.39 is 5.63 Å². The third kappa shape index (κ3) is 4.08. The van der Waals surface area contributed by atoms with Crippen LogP contribution in [0.15, 0.2) is 87.4 Å². The lowest BCUT2D eigenvalue weighted by atomic mass is 10.1. The highest BCUT2D eigenvalue weighted by Gasteiger charge is 2.15. The molecule has 2 heterocycles. The average molecular weight is 466 g/mol. The summed E-state index contributed by atoms with van der Waals surface area (Å²) in [6.45, 7) is 0. The minimum absolute atomic E-state index is 0.295. The maximum Gasteiger partial charge on any atom is 0.346 e. The fourth-order valence-corrected chi connectivity index (χ4v) is 4.53. The summed E-state index contributed by atoms with van der Waals surface area (Å²) in [5.74, 6) is 1.50. The number of hydrogen-bond acceptors (Lipinski definition) is 5. The van der Waals surface area contributed by atoms with E-state index >= 15 is 0 Å². The fourth-order valence-electron chi connectivity index (χ4n) is 3.15. The van der Waals surface area contributed by atoms with Gasteiger partial charge < -0.3 is 9.15 Å². The molecule has 0 bridgehead atoms. The molecule has 0 radical (unpaired) electrons. The van der Waals surface area contributed by atoms with E-state index in [4.69, 9.17) is 32.4 Å². The van der Waals surface area contributed by atoms with Gasteiger partial charge in [0.05, 0.1) is 16.3 Å². The normalized spacial score (nSPS) is 11.0. The van der Waals surface area contributed by atoms with Crippen LogP contribution >= 0.6 is 34.5 Å². The maximum absolute atomic E-state index is 12.5. The summed E-state index contributed by atoms with van der Waals surface area (Å²) in [5.41, 5.74) is 1.86. The number of fused-ring (bicyclic) bond motifs is 1. The minimum atomic E-state index is -0.496. The maximum atomic E-state index is 12.5. The van der Waals surface area contributed by atoms with E-state index in [-0.39, 0.29) is 0 Å². The first kappa shape index (κ1) is 19.8. The first-order valence-electron chi connectivity index (χ1n) is 9.29. The van der Waals surface area contributed by atoms with Gasteiger partial charge in [-0.05, 0) is 54.6 Å². The Hall–Kier alpha value is -3.12. The van der Waals surface area contributed by atoms with Crippen LogP contribution in [-0.4, -0.2) is 4.98 Å². The van der Waals surface area contributed by atoms with Crippen molar-refractivity contribution in [2.24, 2.45) is 0 Å². The molecule has 0 saturated heterocycles. The van der Waals surface area contributed by atoms with Gasteiger partial charge in [0, 0.05) is 21.4 Å². The Labute approximate surface area is 191 Å². The second-order valence-corrected chi connectivity index (χ2v) is 8.43. The molecular weight excluding hydrogens is 453 g/mol. The molecule has 0 unspecified atom stereocenters. The lowest BCUT2D eigenvalue weighted by Gasteiger charge is -2.05. The number of halogens is 2. The molecule has 152 valence electrons. The van der Waals surface area contributed by atoms with Gasteiger partial charge in [-0.2, -0.15) is 0 Å². The molecule has 4 nitrogen and oxygen atoms in total. The molecule has 0 aliphatic carbocycles. The zero-order chi connectivity index (χ0) is 21.4. The minimum Gasteiger partial charge on any atom is -0.457 e. The van der Waals surface area contributed by atoms with E-state index in [0.717, 1.165) is 22.8 Å². The van der Waals surface area contributed by atoms with Gasteiger partial charge in [-0.3, -0.25) is 0 Å². The standard InChI is InChI=1S/C24H13Cl2NO3S/c25-16-10-15-11-19(24(28)30-22(15)20(26)12-16)23-27-21(13-31-23)14-6-8-18(9-7-14)29-17-4-2-1-3-5-17/h1-13H. The third-order valence-corrected chi connectivity index (χ3v) is 5.99. The molecule has 0 atom stereocenters. The van der Waals surface area contributed by atoms with Crippen LogP contribution in [0.2, 0.25) is 10.0 Å². The smallest absolute Gasteiger partial charge is 0.346 e. The third-order valence-electron chi connectivity index (χ3n) is 4.62. The van der Waals surface area contributed by atoms with Crippen LogP contribution < -0.4 is 10.4 Å². The van der Waals surface area contributed by atoms with Crippen molar-refractivity contribution in [1.82, 2.24) is 4.98 Å². The molecule has 5 rings (SSSR count). The highest BCUT2D eigenvalue weighted by atomic mass is 35.5. The van der Waals surface area contributed by atoms with Crippen LogP contribution in [0.1, 0.15) is 0 Å². The number of benzene rings is 3. The predicted octanol–water partition coefficient (Wildman–Crippen LogP) is 7.68. The average Bonchev–Trinajstić information content (AvgIpc) is 3.25. The van der Waals surface area contributed by atoms with Crippen LogP contribution in [0.4, 0.5) is 0 Å². The van der Waals surface area contributed by atoms with Crippen LogP contribution in [0.3, 0.4) is 0 Å². The quantitative estimate of drug-likeness (QED) is 0.255. The molecule has 7 heteroatoms. The van der Waals surface area contributed by atoms with E-state index in [2.05, 4.69) is 4.98 Å². The van der Waals surface area contributed by atoms with Crippen molar-refractivity contribution < 1.29 is 9.15 Å². The van der Waals surface area contributed by atoms with Gasteiger partial charge >= 0.3 is 5.63 Å². The largest absolute Gasteiger partial charge is 0.457 e. The molecule has 0 fully saturated rings. The molecule has 3 aromatic carbocycles. The molecule has 0 aliphatic rings. The van der Waals surface area contributed by atoms with Crippen molar-refractivity contribution in [1.29, 1.82) is 0 Å². The van der Waals surface area contributed by atoms with Crippen molar-refractivity contribution in [3.8, 4) is 33.3 Å². The molecule has 5 aromatic rings. The van der Waals surface area contributed by atoms with Gasteiger partial charge in [0.15, 0.2) is 5.58 Å². The van der Waals surface area contributed by atoms with Gasteiger partial charge in [-0.25, -0.2) is 9.78 Å². The van der Waals surface area contributed by atoms with Gasteiger partial charge in [0.2, 0.25) is 0 Å². The zero-order valence-electron chi connectivity index (χ0n) is 15.8. The van der Waals surface area contributed by atoms with E-state index in [1.54, 1.807) is 18.2 Å². The molecule has 0 amide bonds. The lowest BCUT2D eigenvalue weighted by molar-refractivity contribution is 0.483. The molecule has 0 spiro atoms. The van der Waals surface area contributed by atoms with Gasteiger partial charge in [0.25, 0.3) is 0 Å². The molecule has 0 N–H and O–H groups in total. The van der Waals surface area contributed by atoms with Gasteiger partial charge in [-0.1, -0.05) is 41.4 Å². The SMILES string of the molecule is O=c1oc2c(Cl)cc(Cl)cc2cc1-c1nc(-c2ccc(Oc3ccccc3)cc2)cs1. The van der Waals surface area contributed by atoms with Crippen LogP contribution in [-0.2, 0) is 0 Å². The van der Waals surface area contributed by atoms with Crippen LogP contribution in [0, 0.1) is 0 Å². The number of nitrogens with zero attached hydrogens (tertiary/aromatic N) is 1. The number of para-hydroxylation sites is 1. The molecule has 0 aliphatic heterocycles. The lowest BCUT2D eigenvalue weighted by Crippen LogP contribution is -2.02. The second-order valence-electron chi connectivity index (χ2n) is 6.73. The highest BCUT2D eigenvalue weighted by molar-refractivity contribution is 7.13. The zero-order valence-corrected chi connectivity index (χ0v) is 18.2. The number of ether oxygens (including phenoxy) is 1. The number of rotatable bonds is 4. The summed E-state index contributed by atoms with van der Waals surface area (Å²) >= 11 is 13.6. The van der Waals surface area contributed by atoms with Crippen molar-refractivity contribution in [2.45, 2.75) is 0 Å². The van der Waals surface area contributed by atoms with Crippen molar-refractivity contribution >= 4 is 45.5 Å². The van der Waals surface area contributed by atoms with Gasteiger partial charge in [-0.15, -0.1) is 11.3 Å². The summed E-state index contributed by atoms with van der Waals surface area (Å²) < 4.78 is 11.3. The monoisotopic (exact) mass is 465 g/mol. The fraction of sp³-hybridized carbons (Fsp3) is 0. The van der Waals surface area contributed by atoms with Crippen molar-refractivity contribution in [2.75, 3.05) is 0 Å². The van der Waals surface area contributed by atoms with Crippen molar-refractivity contribution in [3.05, 3.63) is 98.6 Å². The van der Waals surface area contributed by atoms with E-state index in [9.17, 15) is 4.79 Å². The first-order chi connectivity index (χ1) is 15.1. The molecular formula is C24H13Cl2NO3S. The Bertz CT molecular complexity index is 1440. The number of thiazole rings is 1. The summed E-state index contributed by atoms with van der Waals surface area (Å²) in [7, 11) is 0. The number of aromatic nitrogens is 1. The summed E-state index contributed by atoms with van der Waals surface area (Å²) in [4.78, 5) is 17.2. The molecule has 0 saturated carbocycles. The number of hydrogen-bond donors (Lipinski definition) is 0. The second kappa shape index (κ2) is 8.19. The molecule has 2 aromatic heterocycles. The Morgan fingerprint density at radius 2 is 1.65 bits per heavy atom. The van der Waals surface area contributed by atoms with Gasteiger partial charge in [0.1, 0.15) is 16.5 Å². The van der Waals surface area contributed by atoms with E-state index in [0.29, 0.717) is 31.6 Å². The Morgan fingerprint density at radius 1 is 0.903 bits per heavy atom. The Kier molecular flexibility index (Phi) is 5.24. The summed E-state index contributed by atoms with van der Waals surface area (Å²) in [5, 5.41) is 3.87. The van der Waals surface area contributed by atoms with E-state index in [1.807, 2.05) is 60.0 Å². The topological polar surface area (TPSA) is 52.3 Å². The summed E-state index contributed by atoms with van der Waals surface area (Å²) in [6.07, 6.45) is 0. The Balaban J connectivity index is 1.45. The van der Waals surface area contributed by atoms with E-state index in [1.165, 1.54) is 11.3 Å². The highest BCUT2D eigenvalue weighted by Crippen LogP contribution is 2.33. The first-order valence-corrected chi connectivity index (χ1v) is 10.9.